The highest BCUT2D eigenvalue weighted by molar-refractivity contribution is 8.02. The molecule has 0 saturated carbocycles. The van der Waals surface area contributed by atoms with Crippen LogP contribution in [0.4, 0.5) is 14.6 Å². The third-order valence-electron chi connectivity index (χ3n) is 6.25. The number of nitrogens with zero attached hydrogens (tertiary/aromatic N) is 5. The van der Waals surface area contributed by atoms with Gasteiger partial charge in [0, 0.05) is 25.2 Å². The summed E-state index contributed by atoms with van der Waals surface area (Å²) in [5, 5.41) is 9.09. The van der Waals surface area contributed by atoms with Gasteiger partial charge in [0.15, 0.2) is 0 Å². The Labute approximate surface area is 176 Å². The number of fused-ring (bicyclic) bond motifs is 1. The van der Waals surface area contributed by atoms with Gasteiger partial charge in [0.25, 0.3) is 0 Å². The zero-order chi connectivity index (χ0) is 20.9. The third-order valence-corrected chi connectivity index (χ3v) is 8.02. The molecule has 6 nitrogen and oxygen atoms in total. The zero-order valence-electron chi connectivity index (χ0n) is 16.1. The Balaban J connectivity index is 1.34. The summed E-state index contributed by atoms with van der Waals surface area (Å²) in [6.07, 6.45) is 4.25. The van der Waals surface area contributed by atoms with Gasteiger partial charge < -0.3 is 9.80 Å². The van der Waals surface area contributed by atoms with E-state index >= 15 is 0 Å². The summed E-state index contributed by atoms with van der Waals surface area (Å²) in [5.74, 6) is -0.458. The monoisotopic (exact) mass is 427 g/mol. The molecule has 1 amide bonds. The Morgan fingerprint density at radius 3 is 2.53 bits per heavy atom. The highest BCUT2D eigenvalue weighted by atomic mass is 32.2. The normalized spacial score (nSPS) is 24.9. The van der Waals surface area contributed by atoms with Crippen LogP contribution in [0.2, 0.25) is 0 Å². The molecule has 5 rings (SSSR count). The fraction of sp³-hybridized carbons (Fsp3) is 0.429. The van der Waals surface area contributed by atoms with E-state index in [1.54, 1.807) is 17.8 Å². The number of hydrogen-bond donors (Lipinski definition) is 0. The average Bonchev–Trinajstić information content (AvgIpc) is 3.26. The quantitative estimate of drug-likeness (QED) is 0.732. The van der Waals surface area contributed by atoms with Crippen LogP contribution in [-0.4, -0.2) is 44.0 Å². The Morgan fingerprint density at radius 2 is 1.83 bits per heavy atom. The molecule has 3 aliphatic rings. The molecule has 0 N–H and O–H groups in total. The standard InChI is InChI=1S/C21H19F2N5OS/c22-14-7-13(8-15(23)9-14)17-1-2-19-28(17)20(29)21(30-19)3-5-27(6-4-21)18-10-16(11-24)25-12-26-18/h7-10,12,17,19H,1-6H2. The summed E-state index contributed by atoms with van der Waals surface area (Å²) in [6.45, 7) is 1.31. The number of anilines is 1. The maximum absolute atomic E-state index is 13.7. The molecule has 4 heterocycles. The Morgan fingerprint density at radius 1 is 1.10 bits per heavy atom. The number of carbonyl (C=O) groups excluding carboxylic acids is 1. The Hall–Kier alpha value is -2.73. The summed E-state index contributed by atoms with van der Waals surface area (Å²) in [4.78, 5) is 25.6. The lowest BCUT2D eigenvalue weighted by molar-refractivity contribution is -0.134. The van der Waals surface area contributed by atoms with Crippen LogP contribution in [0.15, 0.2) is 30.6 Å². The second-order valence-corrected chi connectivity index (χ2v) is 9.50. The van der Waals surface area contributed by atoms with Crippen molar-refractivity contribution in [1.29, 1.82) is 5.26 Å². The van der Waals surface area contributed by atoms with Crippen LogP contribution in [0, 0.1) is 23.0 Å². The zero-order valence-corrected chi connectivity index (χ0v) is 16.9. The van der Waals surface area contributed by atoms with E-state index in [-0.39, 0.29) is 17.3 Å². The molecule has 2 aromatic rings. The predicted octanol–water partition coefficient (Wildman–Crippen LogP) is 3.40. The van der Waals surface area contributed by atoms with Gasteiger partial charge in [-0.2, -0.15) is 5.26 Å². The van der Waals surface area contributed by atoms with Gasteiger partial charge in [0.1, 0.15) is 40.3 Å². The van der Waals surface area contributed by atoms with Crippen molar-refractivity contribution in [2.45, 2.75) is 41.8 Å². The number of aromatic nitrogens is 2. The highest BCUT2D eigenvalue weighted by Gasteiger charge is 2.57. The Kier molecular flexibility index (Phi) is 4.62. The first-order chi connectivity index (χ1) is 14.5. The van der Waals surface area contributed by atoms with Crippen LogP contribution in [0.3, 0.4) is 0 Å². The van der Waals surface area contributed by atoms with Crippen molar-refractivity contribution in [3.05, 3.63) is 53.5 Å². The van der Waals surface area contributed by atoms with Gasteiger partial charge in [-0.1, -0.05) is 0 Å². The molecule has 154 valence electrons. The minimum Gasteiger partial charge on any atom is -0.356 e. The lowest BCUT2D eigenvalue weighted by atomic mass is 9.93. The molecule has 3 fully saturated rings. The maximum atomic E-state index is 13.7. The molecule has 3 aliphatic heterocycles. The van der Waals surface area contributed by atoms with E-state index in [0.717, 1.165) is 12.5 Å². The second-order valence-electron chi connectivity index (χ2n) is 7.94. The van der Waals surface area contributed by atoms with Crippen molar-refractivity contribution in [3.63, 3.8) is 0 Å². The van der Waals surface area contributed by atoms with E-state index in [9.17, 15) is 13.6 Å². The highest BCUT2D eigenvalue weighted by Crippen LogP contribution is 2.55. The number of nitriles is 1. The van der Waals surface area contributed by atoms with Crippen LogP contribution >= 0.6 is 11.8 Å². The van der Waals surface area contributed by atoms with Crippen LogP contribution in [0.1, 0.15) is 43.0 Å². The van der Waals surface area contributed by atoms with Gasteiger partial charge in [-0.15, -0.1) is 11.8 Å². The van der Waals surface area contributed by atoms with Crippen LogP contribution in [-0.2, 0) is 4.79 Å². The van der Waals surface area contributed by atoms with Gasteiger partial charge >= 0.3 is 0 Å². The second kappa shape index (κ2) is 7.20. The molecule has 1 spiro atoms. The number of piperidine rings is 1. The van der Waals surface area contributed by atoms with Crippen LogP contribution in [0.5, 0.6) is 0 Å². The summed E-state index contributed by atoms with van der Waals surface area (Å²) < 4.78 is 27.0. The summed E-state index contributed by atoms with van der Waals surface area (Å²) in [5.41, 5.74) is 0.848. The minimum absolute atomic E-state index is 0.0459. The van der Waals surface area contributed by atoms with Gasteiger partial charge in [0.2, 0.25) is 5.91 Å². The molecule has 2 atom stereocenters. The van der Waals surface area contributed by atoms with E-state index in [1.165, 1.54) is 18.5 Å². The molecule has 0 aliphatic carbocycles. The van der Waals surface area contributed by atoms with Crippen LogP contribution < -0.4 is 4.90 Å². The third kappa shape index (κ3) is 3.10. The first-order valence-electron chi connectivity index (χ1n) is 9.93. The van der Waals surface area contributed by atoms with Gasteiger partial charge in [-0.05, 0) is 43.4 Å². The van der Waals surface area contributed by atoms with E-state index in [1.807, 2.05) is 11.0 Å². The fourth-order valence-electron chi connectivity index (χ4n) is 4.82. The van der Waals surface area contributed by atoms with Crippen molar-refractivity contribution >= 4 is 23.5 Å². The van der Waals surface area contributed by atoms with Crippen molar-refractivity contribution < 1.29 is 13.6 Å². The maximum Gasteiger partial charge on any atom is 0.240 e. The van der Waals surface area contributed by atoms with Crippen LogP contribution in [0.25, 0.3) is 0 Å². The average molecular weight is 427 g/mol. The number of amides is 1. The number of rotatable bonds is 2. The first kappa shape index (κ1) is 19.2. The SMILES string of the molecule is N#Cc1cc(N2CCC3(CC2)SC2CCC(c4cc(F)cc(F)c4)N2C3=O)ncn1. The minimum atomic E-state index is -0.614. The molecule has 1 aromatic heterocycles. The largest absolute Gasteiger partial charge is 0.356 e. The van der Waals surface area contributed by atoms with E-state index < -0.39 is 16.4 Å². The predicted molar refractivity (Wildman–Crippen MR) is 107 cm³/mol. The first-order valence-corrected chi connectivity index (χ1v) is 10.8. The van der Waals surface area contributed by atoms with Gasteiger partial charge in [0.05, 0.1) is 11.4 Å². The molecule has 3 saturated heterocycles. The van der Waals surface area contributed by atoms with Gasteiger partial charge in [-0.25, -0.2) is 18.7 Å². The summed E-state index contributed by atoms with van der Waals surface area (Å²) in [6, 6.07) is 6.94. The lowest BCUT2D eigenvalue weighted by Gasteiger charge is -2.38. The topological polar surface area (TPSA) is 73.1 Å². The van der Waals surface area contributed by atoms with E-state index in [4.69, 9.17) is 5.26 Å². The summed E-state index contributed by atoms with van der Waals surface area (Å²) in [7, 11) is 0. The number of carbonyl (C=O) groups is 1. The molecular weight excluding hydrogens is 408 g/mol. The van der Waals surface area contributed by atoms with E-state index in [0.29, 0.717) is 49.4 Å². The molecule has 30 heavy (non-hydrogen) atoms. The van der Waals surface area contributed by atoms with Crippen molar-refractivity contribution in [2.24, 2.45) is 0 Å². The van der Waals surface area contributed by atoms with Crippen molar-refractivity contribution in [2.75, 3.05) is 18.0 Å². The Bertz CT molecular complexity index is 1030. The number of halogens is 2. The fourth-order valence-corrected chi connectivity index (χ4v) is 6.57. The van der Waals surface area contributed by atoms with E-state index in [2.05, 4.69) is 14.9 Å². The molecule has 0 radical (unpaired) electrons. The lowest BCUT2D eigenvalue weighted by Crippen LogP contribution is -2.48. The van der Waals surface area contributed by atoms with Crippen molar-refractivity contribution in [1.82, 2.24) is 14.9 Å². The molecule has 0 bridgehead atoms. The smallest absolute Gasteiger partial charge is 0.240 e. The molecular formula is C21H19F2N5OS. The molecule has 9 heteroatoms. The summed E-state index contributed by atoms with van der Waals surface area (Å²) >= 11 is 1.70. The van der Waals surface area contributed by atoms with Gasteiger partial charge in [-0.3, -0.25) is 4.79 Å². The molecule has 1 aromatic carbocycles. The number of benzene rings is 1. The molecule has 2 unspecified atom stereocenters. The number of hydrogen-bond acceptors (Lipinski definition) is 6. The van der Waals surface area contributed by atoms with Crippen molar-refractivity contribution in [3.8, 4) is 6.07 Å². The number of thioether (sulfide) groups is 1.